The van der Waals surface area contributed by atoms with Crippen molar-refractivity contribution >= 4 is 5.91 Å². The smallest absolute Gasteiger partial charge is 0.272 e. The van der Waals surface area contributed by atoms with Gasteiger partial charge in [0.2, 0.25) is 5.89 Å². The predicted molar refractivity (Wildman–Crippen MR) is 81.8 cm³/mol. The van der Waals surface area contributed by atoms with E-state index in [4.69, 9.17) is 4.52 Å². The van der Waals surface area contributed by atoms with E-state index < -0.39 is 0 Å². The molecule has 1 aliphatic heterocycles. The average molecular weight is 315 g/mol. The minimum Gasteiger partial charge on any atom is -0.339 e. The fourth-order valence-electron chi connectivity index (χ4n) is 3.27. The van der Waals surface area contributed by atoms with Crippen molar-refractivity contribution in [3.05, 3.63) is 29.7 Å². The number of aromatic nitrogens is 4. The molecule has 0 aromatic carbocycles. The van der Waals surface area contributed by atoms with E-state index in [0.29, 0.717) is 23.4 Å². The van der Waals surface area contributed by atoms with Gasteiger partial charge in [-0.3, -0.25) is 9.48 Å². The lowest BCUT2D eigenvalue weighted by atomic mass is 9.94. The van der Waals surface area contributed by atoms with Gasteiger partial charge in [0.05, 0.1) is 0 Å². The van der Waals surface area contributed by atoms with Crippen molar-refractivity contribution < 1.29 is 9.32 Å². The number of rotatable bonds is 4. The van der Waals surface area contributed by atoms with Crippen LogP contribution in [-0.4, -0.2) is 43.8 Å². The predicted octanol–water partition coefficient (Wildman–Crippen LogP) is 1.78. The molecule has 0 N–H and O–H groups in total. The third-order valence-electron chi connectivity index (χ3n) is 4.74. The number of amides is 1. The monoisotopic (exact) mass is 315 g/mol. The molecule has 1 saturated heterocycles. The Morgan fingerprint density at radius 2 is 2.26 bits per heavy atom. The minimum atomic E-state index is 0.0545. The molecule has 1 aliphatic carbocycles. The summed E-state index contributed by atoms with van der Waals surface area (Å²) in [7, 11) is 1.80. The lowest BCUT2D eigenvalue weighted by Crippen LogP contribution is -2.41. The number of likely N-dealkylation sites (tertiary alicyclic amines) is 1. The average Bonchev–Trinajstić information content (AvgIpc) is 3.16. The number of aryl methyl sites for hydroxylation is 1. The topological polar surface area (TPSA) is 77.1 Å². The van der Waals surface area contributed by atoms with Gasteiger partial charge in [0, 0.05) is 38.7 Å². The minimum absolute atomic E-state index is 0.0545. The lowest BCUT2D eigenvalue weighted by molar-refractivity contribution is 0.0657. The van der Waals surface area contributed by atoms with Crippen LogP contribution in [0.4, 0.5) is 0 Å². The highest BCUT2D eigenvalue weighted by Crippen LogP contribution is 2.38. The van der Waals surface area contributed by atoms with E-state index in [2.05, 4.69) is 15.2 Å². The molecule has 0 spiro atoms. The Morgan fingerprint density at radius 1 is 1.39 bits per heavy atom. The third-order valence-corrected chi connectivity index (χ3v) is 4.74. The van der Waals surface area contributed by atoms with E-state index in [0.717, 1.165) is 38.2 Å². The number of carbonyl (C=O) groups excluding carboxylic acids is 1. The molecule has 0 radical (unpaired) electrons. The van der Waals surface area contributed by atoms with Crippen molar-refractivity contribution in [2.24, 2.45) is 13.0 Å². The Balaban J connectivity index is 1.40. The number of hydrogen-bond acceptors (Lipinski definition) is 5. The van der Waals surface area contributed by atoms with Gasteiger partial charge in [-0.15, -0.1) is 0 Å². The standard InChI is InChI=1S/C16H21N5O2/c1-20-13(6-7-17-20)16(22)21-8-2-3-11(10-21)9-14-18-15(19-23-14)12-4-5-12/h6-7,11-12H,2-5,8-10H2,1H3. The van der Waals surface area contributed by atoms with Crippen molar-refractivity contribution in [3.8, 4) is 0 Å². The highest BCUT2D eigenvalue weighted by molar-refractivity contribution is 5.92. The van der Waals surface area contributed by atoms with Gasteiger partial charge >= 0.3 is 0 Å². The van der Waals surface area contributed by atoms with E-state index in [1.54, 1.807) is 24.0 Å². The van der Waals surface area contributed by atoms with Gasteiger partial charge in [-0.25, -0.2) is 0 Å². The molecule has 122 valence electrons. The molecule has 0 bridgehead atoms. The molecule has 7 nitrogen and oxygen atoms in total. The first kappa shape index (κ1) is 14.4. The second-order valence-electron chi connectivity index (χ2n) is 6.62. The summed E-state index contributed by atoms with van der Waals surface area (Å²) >= 11 is 0. The Kier molecular flexibility index (Phi) is 3.63. The normalized spacial score (nSPS) is 21.6. The largest absolute Gasteiger partial charge is 0.339 e. The van der Waals surface area contributed by atoms with Crippen LogP contribution in [0.2, 0.25) is 0 Å². The fraction of sp³-hybridized carbons (Fsp3) is 0.625. The molecule has 4 rings (SSSR count). The zero-order valence-corrected chi connectivity index (χ0v) is 13.3. The highest BCUT2D eigenvalue weighted by atomic mass is 16.5. The number of carbonyl (C=O) groups is 1. The molecular formula is C16H21N5O2. The highest BCUT2D eigenvalue weighted by Gasteiger charge is 2.30. The van der Waals surface area contributed by atoms with Gasteiger partial charge in [0.25, 0.3) is 5.91 Å². The molecule has 1 unspecified atom stereocenters. The molecule has 1 saturated carbocycles. The molecule has 2 aromatic rings. The summed E-state index contributed by atoms with van der Waals surface area (Å²) in [6, 6.07) is 1.77. The zero-order chi connectivity index (χ0) is 15.8. The lowest BCUT2D eigenvalue weighted by Gasteiger charge is -2.32. The van der Waals surface area contributed by atoms with Gasteiger partial charge in [0.1, 0.15) is 5.69 Å². The molecular weight excluding hydrogens is 294 g/mol. The summed E-state index contributed by atoms with van der Waals surface area (Å²) in [4.78, 5) is 19.0. The summed E-state index contributed by atoms with van der Waals surface area (Å²) < 4.78 is 7.01. The van der Waals surface area contributed by atoms with Crippen molar-refractivity contribution in [1.29, 1.82) is 0 Å². The number of nitrogens with zero attached hydrogens (tertiary/aromatic N) is 5. The molecule has 1 atom stereocenters. The first-order valence-electron chi connectivity index (χ1n) is 8.30. The first-order valence-corrected chi connectivity index (χ1v) is 8.30. The van der Waals surface area contributed by atoms with Crippen molar-refractivity contribution in [3.63, 3.8) is 0 Å². The number of piperidine rings is 1. The number of hydrogen-bond donors (Lipinski definition) is 0. The van der Waals surface area contributed by atoms with Crippen LogP contribution in [0.25, 0.3) is 0 Å². The van der Waals surface area contributed by atoms with Gasteiger partial charge in [-0.05, 0) is 37.7 Å². The van der Waals surface area contributed by atoms with Gasteiger partial charge in [0.15, 0.2) is 5.82 Å². The van der Waals surface area contributed by atoms with E-state index in [-0.39, 0.29) is 5.91 Å². The molecule has 2 aromatic heterocycles. The van der Waals surface area contributed by atoms with Crippen LogP contribution in [0.1, 0.15) is 53.8 Å². The van der Waals surface area contributed by atoms with E-state index in [1.165, 1.54) is 12.8 Å². The van der Waals surface area contributed by atoms with Crippen LogP contribution in [0.3, 0.4) is 0 Å². The molecule has 3 heterocycles. The van der Waals surface area contributed by atoms with Gasteiger partial charge < -0.3 is 9.42 Å². The van der Waals surface area contributed by atoms with Gasteiger partial charge in [-0.2, -0.15) is 10.1 Å². The summed E-state index contributed by atoms with van der Waals surface area (Å²) in [6.45, 7) is 1.54. The van der Waals surface area contributed by atoms with Crippen LogP contribution in [-0.2, 0) is 13.5 Å². The summed E-state index contributed by atoms with van der Waals surface area (Å²) in [6.07, 6.45) is 6.88. The molecule has 7 heteroatoms. The third kappa shape index (κ3) is 3.00. The Labute approximate surface area is 134 Å². The fourth-order valence-corrected chi connectivity index (χ4v) is 3.27. The maximum Gasteiger partial charge on any atom is 0.272 e. The van der Waals surface area contributed by atoms with E-state index >= 15 is 0 Å². The molecule has 2 aliphatic rings. The van der Waals surface area contributed by atoms with Crippen molar-refractivity contribution in [2.75, 3.05) is 13.1 Å². The second-order valence-corrected chi connectivity index (χ2v) is 6.62. The quantitative estimate of drug-likeness (QED) is 0.859. The van der Waals surface area contributed by atoms with E-state index in [1.807, 2.05) is 4.90 Å². The van der Waals surface area contributed by atoms with E-state index in [9.17, 15) is 4.79 Å². The van der Waals surface area contributed by atoms with Crippen LogP contribution in [0, 0.1) is 5.92 Å². The van der Waals surface area contributed by atoms with Crippen molar-refractivity contribution in [2.45, 2.75) is 38.0 Å². The van der Waals surface area contributed by atoms with Crippen LogP contribution < -0.4 is 0 Å². The summed E-state index contributed by atoms with van der Waals surface area (Å²) in [5, 5.41) is 8.15. The van der Waals surface area contributed by atoms with Crippen LogP contribution in [0.15, 0.2) is 16.8 Å². The molecule has 23 heavy (non-hydrogen) atoms. The SMILES string of the molecule is Cn1nccc1C(=O)N1CCCC(Cc2nc(C3CC3)no2)C1. The van der Waals surface area contributed by atoms with Crippen molar-refractivity contribution in [1.82, 2.24) is 24.8 Å². The summed E-state index contributed by atoms with van der Waals surface area (Å²) in [5.41, 5.74) is 0.638. The molecule has 1 amide bonds. The Morgan fingerprint density at radius 3 is 3.00 bits per heavy atom. The zero-order valence-electron chi connectivity index (χ0n) is 13.3. The molecule has 2 fully saturated rings. The maximum atomic E-state index is 12.6. The summed E-state index contributed by atoms with van der Waals surface area (Å²) in [5.74, 6) is 2.53. The van der Waals surface area contributed by atoms with Crippen LogP contribution >= 0.6 is 0 Å². The van der Waals surface area contributed by atoms with Crippen LogP contribution in [0.5, 0.6) is 0 Å². The van der Waals surface area contributed by atoms with Gasteiger partial charge in [-0.1, -0.05) is 5.16 Å². The first-order chi connectivity index (χ1) is 11.2. The maximum absolute atomic E-state index is 12.6. The second kappa shape index (κ2) is 5.79. The Bertz CT molecular complexity index is 703. The Hall–Kier alpha value is -2.18.